The molecule has 2 aromatic carbocycles. The first kappa shape index (κ1) is 20.1. The van der Waals surface area contributed by atoms with Crippen LogP contribution in [0.4, 0.5) is 0 Å². The van der Waals surface area contributed by atoms with Crippen molar-refractivity contribution in [3.63, 3.8) is 0 Å². The van der Waals surface area contributed by atoms with Gasteiger partial charge in [-0.15, -0.1) is 0 Å². The zero-order valence-corrected chi connectivity index (χ0v) is 18.9. The van der Waals surface area contributed by atoms with E-state index in [1.807, 2.05) is 0 Å². The molecule has 1 heterocycles. The quantitative estimate of drug-likeness (QED) is 0.373. The Balaban J connectivity index is 1.57. The lowest BCUT2D eigenvalue weighted by atomic mass is 9.99. The fourth-order valence-electron chi connectivity index (χ4n) is 5.72. The average molecular weight is 416 g/mol. The molecule has 0 amide bonds. The van der Waals surface area contributed by atoms with Gasteiger partial charge in [-0.25, -0.2) is 0 Å². The van der Waals surface area contributed by atoms with Crippen LogP contribution in [0.15, 0.2) is 72.9 Å². The molecule has 0 aliphatic heterocycles. The maximum Gasteiger partial charge on any atom is 0.0534 e. The third kappa shape index (κ3) is 4.15. The van der Waals surface area contributed by atoms with Crippen molar-refractivity contribution in [1.82, 2.24) is 4.57 Å². The van der Waals surface area contributed by atoms with Gasteiger partial charge in [0.05, 0.1) is 5.69 Å². The molecule has 2 aliphatic carbocycles. The van der Waals surface area contributed by atoms with Gasteiger partial charge in [0.25, 0.3) is 0 Å². The smallest absolute Gasteiger partial charge is 0.0534 e. The molecule has 30 heavy (non-hydrogen) atoms. The van der Waals surface area contributed by atoms with Gasteiger partial charge in [0.15, 0.2) is 0 Å². The molecule has 2 saturated carbocycles. The Morgan fingerprint density at radius 3 is 1.87 bits per heavy atom. The average Bonchev–Trinajstić information content (AvgIpc) is 3.30. The third-order valence-electron chi connectivity index (χ3n) is 7.18. The summed E-state index contributed by atoms with van der Waals surface area (Å²) in [4.78, 5) is 0. The van der Waals surface area contributed by atoms with Gasteiger partial charge in [-0.1, -0.05) is 95.0 Å². The number of hydrogen-bond donors (Lipinski definition) is 0. The van der Waals surface area contributed by atoms with Crippen LogP contribution in [0.5, 0.6) is 0 Å². The number of para-hydroxylation sites is 1. The summed E-state index contributed by atoms with van der Waals surface area (Å²) in [6.07, 6.45) is 16.8. The molecule has 0 radical (unpaired) electrons. The SMILES string of the molecule is c1ccc(-c2ccccc2-n2cccc2P(C2CCCCC2)C2CCCCC2)cc1. The normalized spacial score (nSPS) is 18.7. The van der Waals surface area contributed by atoms with Crippen molar-refractivity contribution in [1.29, 1.82) is 0 Å². The molecule has 2 fully saturated rings. The molecular weight excluding hydrogens is 381 g/mol. The van der Waals surface area contributed by atoms with Crippen LogP contribution in [0, 0.1) is 0 Å². The van der Waals surface area contributed by atoms with E-state index in [0.717, 1.165) is 11.3 Å². The fraction of sp³-hybridized carbons (Fsp3) is 0.429. The molecule has 1 nitrogen and oxygen atoms in total. The Morgan fingerprint density at radius 2 is 1.20 bits per heavy atom. The van der Waals surface area contributed by atoms with Crippen molar-refractivity contribution in [3.8, 4) is 16.8 Å². The van der Waals surface area contributed by atoms with Crippen LogP contribution in [0.25, 0.3) is 16.8 Å². The van der Waals surface area contributed by atoms with Gasteiger partial charge in [-0.05, 0) is 60.8 Å². The van der Waals surface area contributed by atoms with Crippen molar-refractivity contribution in [2.75, 3.05) is 0 Å². The molecule has 2 aliphatic rings. The monoisotopic (exact) mass is 415 g/mol. The van der Waals surface area contributed by atoms with E-state index in [9.17, 15) is 0 Å². The van der Waals surface area contributed by atoms with Gasteiger partial charge in [0.2, 0.25) is 0 Å². The van der Waals surface area contributed by atoms with E-state index in [1.54, 1.807) is 5.44 Å². The minimum absolute atomic E-state index is 0.118. The second-order valence-electron chi connectivity index (χ2n) is 9.11. The molecular formula is C28H34NP. The Bertz CT molecular complexity index is 914. The topological polar surface area (TPSA) is 4.93 Å². The molecule has 1 aromatic heterocycles. The number of benzene rings is 2. The van der Waals surface area contributed by atoms with Crippen LogP contribution < -0.4 is 5.44 Å². The molecule has 0 bridgehead atoms. The highest BCUT2D eigenvalue weighted by Gasteiger charge is 2.34. The van der Waals surface area contributed by atoms with Gasteiger partial charge < -0.3 is 4.57 Å². The van der Waals surface area contributed by atoms with Gasteiger partial charge >= 0.3 is 0 Å². The number of nitrogens with zero attached hydrogens (tertiary/aromatic N) is 1. The molecule has 5 rings (SSSR count). The van der Waals surface area contributed by atoms with E-state index in [0.29, 0.717) is 0 Å². The molecule has 0 spiro atoms. The molecule has 0 atom stereocenters. The van der Waals surface area contributed by atoms with E-state index in [2.05, 4.69) is 77.5 Å². The second kappa shape index (κ2) is 9.52. The van der Waals surface area contributed by atoms with Crippen LogP contribution in [0.3, 0.4) is 0 Å². The van der Waals surface area contributed by atoms with Crippen LogP contribution in [-0.4, -0.2) is 15.9 Å². The summed E-state index contributed by atoms with van der Waals surface area (Å²) in [6.45, 7) is 0. The molecule has 156 valence electrons. The predicted molar refractivity (Wildman–Crippen MR) is 132 cm³/mol. The molecule has 0 N–H and O–H groups in total. The van der Waals surface area contributed by atoms with E-state index in [-0.39, 0.29) is 7.92 Å². The van der Waals surface area contributed by atoms with E-state index >= 15 is 0 Å². The van der Waals surface area contributed by atoms with Gasteiger partial charge in [-0.2, -0.15) is 0 Å². The Hall–Kier alpha value is -1.85. The Kier molecular flexibility index (Phi) is 6.37. The minimum atomic E-state index is -0.118. The fourth-order valence-corrected chi connectivity index (χ4v) is 9.59. The predicted octanol–water partition coefficient (Wildman–Crippen LogP) is 7.92. The lowest BCUT2D eigenvalue weighted by Crippen LogP contribution is -2.29. The van der Waals surface area contributed by atoms with Crippen molar-refractivity contribution in [2.24, 2.45) is 0 Å². The summed E-state index contributed by atoms with van der Waals surface area (Å²) in [7, 11) is -0.118. The van der Waals surface area contributed by atoms with Crippen LogP contribution >= 0.6 is 7.92 Å². The summed E-state index contributed by atoms with van der Waals surface area (Å²) < 4.78 is 2.57. The number of aromatic nitrogens is 1. The van der Waals surface area contributed by atoms with Crippen molar-refractivity contribution in [2.45, 2.75) is 75.5 Å². The summed E-state index contributed by atoms with van der Waals surface area (Å²) >= 11 is 0. The Morgan fingerprint density at radius 1 is 0.600 bits per heavy atom. The zero-order chi connectivity index (χ0) is 20.2. The lowest BCUT2D eigenvalue weighted by Gasteiger charge is -2.39. The van der Waals surface area contributed by atoms with E-state index in [4.69, 9.17) is 0 Å². The van der Waals surface area contributed by atoms with E-state index < -0.39 is 0 Å². The minimum Gasteiger partial charge on any atom is -0.316 e. The highest BCUT2D eigenvalue weighted by Crippen LogP contribution is 2.55. The van der Waals surface area contributed by atoms with Crippen molar-refractivity contribution >= 4 is 13.4 Å². The first-order valence-corrected chi connectivity index (χ1v) is 13.5. The number of rotatable bonds is 5. The van der Waals surface area contributed by atoms with Crippen LogP contribution in [0.1, 0.15) is 64.2 Å². The highest BCUT2D eigenvalue weighted by atomic mass is 31.1. The molecule has 0 unspecified atom stereocenters. The maximum atomic E-state index is 2.57. The molecule has 3 aromatic rings. The van der Waals surface area contributed by atoms with Crippen molar-refractivity contribution in [3.05, 3.63) is 72.9 Å². The summed E-state index contributed by atoms with van der Waals surface area (Å²) in [5.74, 6) is 0. The molecule has 2 heteroatoms. The summed E-state index contributed by atoms with van der Waals surface area (Å²) in [6, 6.07) is 24.7. The lowest BCUT2D eigenvalue weighted by molar-refractivity contribution is 0.486. The first-order valence-electron chi connectivity index (χ1n) is 12.0. The third-order valence-corrected chi connectivity index (χ3v) is 10.7. The first-order chi connectivity index (χ1) is 14.9. The summed E-state index contributed by atoms with van der Waals surface area (Å²) in [5, 5.41) is 0. The zero-order valence-electron chi connectivity index (χ0n) is 18.0. The largest absolute Gasteiger partial charge is 0.316 e. The standard InChI is InChI=1S/C28H34NP/c1-4-13-23(14-5-1)26-19-10-11-20-27(26)29-22-12-21-28(29)30(24-15-6-2-7-16-24)25-17-8-3-9-18-25/h1,4-5,10-14,19-22,24-25H,2-3,6-9,15-18H2. The maximum absolute atomic E-state index is 2.57. The van der Waals surface area contributed by atoms with Gasteiger partial charge in [0.1, 0.15) is 0 Å². The van der Waals surface area contributed by atoms with E-state index in [1.165, 1.54) is 81.0 Å². The second-order valence-corrected chi connectivity index (χ2v) is 11.8. The highest BCUT2D eigenvalue weighted by molar-refractivity contribution is 7.66. The van der Waals surface area contributed by atoms with Crippen LogP contribution in [-0.2, 0) is 0 Å². The summed E-state index contributed by atoms with van der Waals surface area (Å²) in [5.41, 5.74) is 7.49. The Labute approximate surface area is 183 Å². The van der Waals surface area contributed by atoms with Gasteiger partial charge in [0, 0.05) is 17.2 Å². The van der Waals surface area contributed by atoms with Crippen molar-refractivity contribution < 1.29 is 0 Å². The van der Waals surface area contributed by atoms with Crippen LogP contribution in [0.2, 0.25) is 0 Å². The van der Waals surface area contributed by atoms with Gasteiger partial charge in [-0.3, -0.25) is 0 Å². The number of hydrogen-bond acceptors (Lipinski definition) is 0. The molecule has 0 saturated heterocycles.